The molecule has 0 saturated heterocycles. The molecule has 0 amide bonds. The molecule has 1 aliphatic carbocycles. The van der Waals surface area contributed by atoms with Crippen LogP contribution in [-0.2, 0) is 5.41 Å². The zero-order valence-corrected chi connectivity index (χ0v) is 34.5. The SMILES string of the molecule is c1ccc(-c2cc(-c3ccccc3-c3ccccc3)nc(-c3ccc(-c4cccc5c4-c4ccc6ccccc6c4C5(c4ccccc4)c4ccccc4)c4ccccc34)n2)cc1. The molecule has 0 aliphatic heterocycles. The van der Waals surface area contributed by atoms with Crippen LogP contribution in [-0.4, -0.2) is 9.97 Å². The maximum atomic E-state index is 5.43. The molecule has 0 fully saturated rings. The van der Waals surface area contributed by atoms with E-state index < -0.39 is 5.41 Å². The van der Waals surface area contributed by atoms with Crippen LogP contribution >= 0.6 is 0 Å². The standard InChI is InChI=1S/C61H40N2/c1-5-20-41(21-6-1)46-29-15-18-33-51(46)57-40-56(43-23-7-2-8-24-43)62-60(63-57)53-39-38-50(48-31-16-17-32-49(48)53)52-34-19-35-55-58(52)54-37-36-42-22-13-14-30-47(42)59(54)61(55,44-25-9-3-10-26-44)45-27-11-4-12-28-45/h1-40H. The number of hydrogen-bond acceptors (Lipinski definition) is 2. The highest BCUT2D eigenvalue weighted by atomic mass is 14.9. The summed E-state index contributed by atoms with van der Waals surface area (Å²) in [5.41, 5.74) is 16.7. The van der Waals surface area contributed by atoms with Gasteiger partial charge in [0.2, 0.25) is 0 Å². The molecule has 294 valence electrons. The highest BCUT2D eigenvalue weighted by Gasteiger charge is 2.48. The molecule has 0 spiro atoms. The Morgan fingerprint density at radius 2 is 0.810 bits per heavy atom. The van der Waals surface area contributed by atoms with E-state index in [0.717, 1.165) is 50.0 Å². The van der Waals surface area contributed by atoms with Crippen LogP contribution in [0.1, 0.15) is 22.3 Å². The lowest BCUT2D eigenvalue weighted by Gasteiger charge is -2.34. The molecule has 11 aromatic rings. The first kappa shape index (κ1) is 36.6. The molecule has 12 rings (SSSR count). The minimum atomic E-state index is -0.544. The third-order valence-corrected chi connectivity index (χ3v) is 13.0. The van der Waals surface area contributed by atoms with Gasteiger partial charge in [0, 0.05) is 16.7 Å². The van der Waals surface area contributed by atoms with Gasteiger partial charge in [0.15, 0.2) is 5.82 Å². The summed E-state index contributed by atoms with van der Waals surface area (Å²) >= 11 is 0. The molecule has 1 aromatic heterocycles. The van der Waals surface area contributed by atoms with Gasteiger partial charge in [0.1, 0.15) is 0 Å². The molecule has 2 nitrogen and oxygen atoms in total. The molecular formula is C61H40N2. The molecule has 0 saturated carbocycles. The maximum absolute atomic E-state index is 5.43. The van der Waals surface area contributed by atoms with Crippen molar-refractivity contribution in [2.75, 3.05) is 0 Å². The summed E-state index contributed by atoms with van der Waals surface area (Å²) in [6, 6.07) is 87.7. The van der Waals surface area contributed by atoms with Gasteiger partial charge in [-0.05, 0) is 89.3 Å². The lowest BCUT2D eigenvalue weighted by atomic mass is 9.66. The van der Waals surface area contributed by atoms with Gasteiger partial charge >= 0.3 is 0 Å². The molecular weight excluding hydrogens is 761 g/mol. The van der Waals surface area contributed by atoms with Crippen LogP contribution < -0.4 is 0 Å². The van der Waals surface area contributed by atoms with Gasteiger partial charge in [0.25, 0.3) is 0 Å². The second-order valence-electron chi connectivity index (χ2n) is 16.4. The fourth-order valence-corrected chi connectivity index (χ4v) is 10.3. The monoisotopic (exact) mass is 800 g/mol. The summed E-state index contributed by atoms with van der Waals surface area (Å²) in [4.78, 5) is 10.8. The molecule has 1 aliphatic rings. The fraction of sp³-hybridized carbons (Fsp3) is 0.0164. The Morgan fingerprint density at radius 3 is 1.51 bits per heavy atom. The van der Waals surface area contributed by atoms with Crippen molar-refractivity contribution in [3.05, 3.63) is 265 Å². The van der Waals surface area contributed by atoms with E-state index in [1.54, 1.807) is 0 Å². The summed E-state index contributed by atoms with van der Waals surface area (Å²) in [5.74, 6) is 0.694. The molecule has 2 heteroatoms. The molecule has 1 heterocycles. The zero-order chi connectivity index (χ0) is 41.7. The van der Waals surface area contributed by atoms with Gasteiger partial charge in [-0.25, -0.2) is 9.97 Å². The van der Waals surface area contributed by atoms with E-state index in [1.165, 1.54) is 55.3 Å². The number of nitrogens with zero attached hydrogens (tertiary/aromatic N) is 2. The summed E-state index contributed by atoms with van der Waals surface area (Å²) in [5, 5.41) is 4.77. The molecule has 63 heavy (non-hydrogen) atoms. The number of fused-ring (bicyclic) bond motifs is 6. The van der Waals surface area contributed by atoms with E-state index in [1.807, 2.05) is 0 Å². The van der Waals surface area contributed by atoms with Crippen LogP contribution in [0.2, 0.25) is 0 Å². The quantitative estimate of drug-likeness (QED) is 0.160. The van der Waals surface area contributed by atoms with Crippen molar-refractivity contribution >= 4 is 21.5 Å². The minimum absolute atomic E-state index is 0.544. The van der Waals surface area contributed by atoms with Crippen LogP contribution in [0.25, 0.3) is 88.8 Å². The van der Waals surface area contributed by atoms with Gasteiger partial charge in [-0.15, -0.1) is 0 Å². The predicted octanol–water partition coefficient (Wildman–Crippen LogP) is 15.5. The normalized spacial score (nSPS) is 12.6. The average Bonchev–Trinajstić information content (AvgIpc) is 3.69. The van der Waals surface area contributed by atoms with Crippen LogP contribution in [0.15, 0.2) is 243 Å². The van der Waals surface area contributed by atoms with Crippen molar-refractivity contribution in [1.82, 2.24) is 9.97 Å². The molecule has 0 atom stereocenters. The van der Waals surface area contributed by atoms with Crippen molar-refractivity contribution < 1.29 is 0 Å². The van der Waals surface area contributed by atoms with E-state index in [0.29, 0.717) is 5.82 Å². The Kier molecular flexibility index (Phi) is 8.76. The number of aromatic nitrogens is 2. The van der Waals surface area contributed by atoms with E-state index in [-0.39, 0.29) is 0 Å². The van der Waals surface area contributed by atoms with Crippen molar-refractivity contribution in [2.45, 2.75) is 5.41 Å². The molecule has 0 radical (unpaired) electrons. The van der Waals surface area contributed by atoms with Crippen molar-refractivity contribution in [3.8, 4) is 67.3 Å². The Hall–Kier alpha value is -8.20. The van der Waals surface area contributed by atoms with Crippen LogP contribution in [0.4, 0.5) is 0 Å². The predicted molar refractivity (Wildman–Crippen MR) is 262 cm³/mol. The molecule has 0 unspecified atom stereocenters. The van der Waals surface area contributed by atoms with E-state index in [2.05, 4.69) is 243 Å². The first-order valence-electron chi connectivity index (χ1n) is 21.7. The largest absolute Gasteiger partial charge is 0.228 e. The van der Waals surface area contributed by atoms with Gasteiger partial charge in [-0.1, -0.05) is 231 Å². The maximum Gasteiger partial charge on any atom is 0.161 e. The third kappa shape index (κ3) is 5.87. The minimum Gasteiger partial charge on any atom is -0.228 e. The van der Waals surface area contributed by atoms with Crippen molar-refractivity contribution in [3.63, 3.8) is 0 Å². The van der Waals surface area contributed by atoms with Gasteiger partial charge in [0.05, 0.1) is 16.8 Å². The fourth-order valence-electron chi connectivity index (χ4n) is 10.3. The van der Waals surface area contributed by atoms with Crippen molar-refractivity contribution in [2.24, 2.45) is 0 Å². The first-order valence-corrected chi connectivity index (χ1v) is 21.7. The summed E-state index contributed by atoms with van der Waals surface area (Å²) < 4.78 is 0. The highest BCUT2D eigenvalue weighted by Crippen LogP contribution is 2.60. The first-order chi connectivity index (χ1) is 31.3. The summed E-state index contributed by atoms with van der Waals surface area (Å²) in [6.07, 6.45) is 0. The third-order valence-electron chi connectivity index (χ3n) is 13.0. The molecule has 0 bridgehead atoms. The molecule has 10 aromatic carbocycles. The topological polar surface area (TPSA) is 25.8 Å². The van der Waals surface area contributed by atoms with Crippen molar-refractivity contribution in [1.29, 1.82) is 0 Å². The average molecular weight is 801 g/mol. The number of hydrogen-bond donors (Lipinski definition) is 0. The smallest absolute Gasteiger partial charge is 0.161 e. The van der Waals surface area contributed by atoms with Gasteiger partial charge in [-0.3, -0.25) is 0 Å². The number of benzene rings is 10. The second-order valence-corrected chi connectivity index (χ2v) is 16.4. The van der Waals surface area contributed by atoms with E-state index in [4.69, 9.17) is 9.97 Å². The van der Waals surface area contributed by atoms with Gasteiger partial charge in [-0.2, -0.15) is 0 Å². The Morgan fingerprint density at radius 1 is 0.302 bits per heavy atom. The Balaban J connectivity index is 1.11. The molecule has 0 N–H and O–H groups in total. The Labute approximate surface area is 367 Å². The van der Waals surface area contributed by atoms with Crippen LogP contribution in [0.3, 0.4) is 0 Å². The van der Waals surface area contributed by atoms with Gasteiger partial charge < -0.3 is 0 Å². The van der Waals surface area contributed by atoms with E-state index in [9.17, 15) is 0 Å². The number of rotatable bonds is 7. The lowest BCUT2D eigenvalue weighted by Crippen LogP contribution is -2.28. The zero-order valence-electron chi connectivity index (χ0n) is 34.5. The Bertz CT molecular complexity index is 3450. The van der Waals surface area contributed by atoms with Crippen LogP contribution in [0.5, 0.6) is 0 Å². The summed E-state index contributed by atoms with van der Waals surface area (Å²) in [6.45, 7) is 0. The van der Waals surface area contributed by atoms with E-state index >= 15 is 0 Å². The summed E-state index contributed by atoms with van der Waals surface area (Å²) in [7, 11) is 0. The highest BCUT2D eigenvalue weighted by molar-refractivity contribution is 6.10. The second kappa shape index (κ2) is 15.1. The van der Waals surface area contributed by atoms with Crippen LogP contribution in [0, 0.1) is 0 Å². The lowest BCUT2D eigenvalue weighted by molar-refractivity contribution is 0.775.